The van der Waals surface area contributed by atoms with Crippen LogP contribution in [0.15, 0.2) is 84.2 Å². The fourth-order valence-corrected chi connectivity index (χ4v) is 4.87. The van der Waals surface area contributed by atoms with E-state index in [1.54, 1.807) is 11.3 Å². The zero-order valence-corrected chi connectivity index (χ0v) is 18.9. The Balaban J connectivity index is 1.21. The quantitative estimate of drug-likeness (QED) is 0.406. The van der Waals surface area contributed by atoms with Crippen LogP contribution in [0.5, 0.6) is 0 Å². The lowest BCUT2D eigenvalue weighted by atomic mass is 10.0. The van der Waals surface area contributed by atoms with Gasteiger partial charge in [0.1, 0.15) is 0 Å². The summed E-state index contributed by atoms with van der Waals surface area (Å²) in [6, 6.07) is 26.6. The van der Waals surface area contributed by atoms with E-state index in [1.165, 1.54) is 5.56 Å². The molecule has 1 amide bonds. The summed E-state index contributed by atoms with van der Waals surface area (Å²) in [6.45, 7) is 5.11. The summed E-state index contributed by atoms with van der Waals surface area (Å²) in [7, 11) is 0. The average molecular weight is 440 g/mol. The van der Waals surface area contributed by atoms with Crippen LogP contribution in [-0.2, 0) is 0 Å². The topological polar surface area (TPSA) is 36.4 Å². The number of nitrogens with zero attached hydrogens (tertiary/aromatic N) is 3. The third kappa shape index (κ3) is 4.30. The second kappa shape index (κ2) is 8.97. The minimum atomic E-state index is 0.101. The maximum absolute atomic E-state index is 13.0. The number of hydrogen-bond acceptors (Lipinski definition) is 4. The summed E-state index contributed by atoms with van der Waals surface area (Å²) in [6.07, 6.45) is 0. The SMILES string of the molecule is Cc1ccc(-c2csc(N3CCN(C(=O)c4ccc(-c5ccccc5)cc4)CC3)n2)cc1. The van der Waals surface area contributed by atoms with E-state index in [2.05, 4.69) is 53.6 Å². The monoisotopic (exact) mass is 439 g/mol. The Morgan fingerprint density at radius 2 is 1.41 bits per heavy atom. The van der Waals surface area contributed by atoms with Crippen LogP contribution in [-0.4, -0.2) is 42.0 Å². The van der Waals surface area contributed by atoms with Crippen molar-refractivity contribution in [2.75, 3.05) is 31.1 Å². The van der Waals surface area contributed by atoms with Gasteiger partial charge in [0.15, 0.2) is 5.13 Å². The van der Waals surface area contributed by atoms with Gasteiger partial charge >= 0.3 is 0 Å². The van der Waals surface area contributed by atoms with Crippen LogP contribution in [0.2, 0.25) is 0 Å². The molecule has 0 spiro atoms. The molecule has 0 bridgehead atoms. The van der Waals surface area contributed by atoms with Gasteiger partial charge in [-0.1, -0.05) is 72.3 Å². The lowest BCUT2D eigenvalue weighted by molar-refractivity contribution is 0.0747. The summed E-state index contributed by atoms with van der Waals surface area (Å²) in [4.78, 5) is 22.1. The molecule has 32 heavy (non-hydrogen) atoms. The number of rotatable bonds is 4. The number of amides is 1. The number of anilines is 1. The van der Waals surface area contributed by atoms with Crippen molar-refractivity contribution in [3.8, 4) is 22.4 Å². The van der Waals surface area contributed by atoms with E-state index in [1.807, 2.05) is 47.4 Å². The Morgan fingerprint density at radius 1 is 0.781 bits per heavy atom. The number of benzene rings is 3. The number of aryl methyl sites for hydroxylation is 1. The summed E-state index contributed by atoms with van der Waals surface area (Å²) in [5, 5.41) is 3.14. The van der Waals surface area contributed by atoms with Gasteiger partial charge in [-0.15, -0.1) is 11.3 Å². The number of piperazine rings is 1. The molecule has 0 radical (unpaired) electrons. The van der Waals surface area contributed by atoms with Crippen molar-refractivity contribution in [3.63, 3.8) is 0 Å². The largest absolute Gasteiger partial charge is 0.345 e. The molecular weight excluding hydrogens is 414 g/mol. The fourth-order valence-electron chi connectivity index (χ4n) is 3.99. The first-order chi connectivity index (χ1) is 15.7. The van der Waals surface area contributed by atoms with Gasteiger partial charge in [0.05, 0.1) is 5.69 Å². The lowest BCUT2D eigenvalue weighted by Crippen LogP contribution is -2.48. The molecule has 4 nitrogen and oxygen atoms in total. The van der Waals surface area contributed by atoms with Crippen LogP contribution in [0.1, 0.15) is 15.9 Å². The van der Waals surface area contributed by atoms with Crippen molar-refractivity contribution < 1.29 is 4.79 Å². The van der Waals surface area contributed by atoms with Gasteiger partial charge < -0.3 is 9.80 Å². The molecule has 1 aromatic heterocycles. The van der Waals surface area contributed by atoms with Crippen LogP contribution in [0.4, 0.5) is 5.13 Å². The molecule has 1 aliphatic rings. The Kier molecular flexibility index (Phi) is 5.73. The molecular formula is C27H25N3OS. The van der Waals surface area contributed by atoms with E-state index in [0.29, 0.717) is 13.1 Å². The standard InChI is InChI=1S/C27H25N3OS/c1-20-7-9-23(10-8-20)25-19-32-27(28-25)30-17-15-29(16-18-30)26(31)24-13-11-22(12-14-24)21-5-3-2-4-6-21/h2-14,19H,15-18H2,1H3. The smallest absolute Gasteiger partial charge is 0.253 e. The van der Waals surface area contributed by atoms with E-state index in [4.69, 9.17) is 4.98 Å². The van der Waals surface area contributed by atoms with E-state index in [0.717, 1.165) is 46.2 Å². The van der Waals surface area contributed by atoms with Gasteiger partial charge in [-0.3, -0.25) is 4.79 Å². The number of hydrogen-bond donors (Lipinski definition) is 0. The van der Waals surface area contributed by atoms with Gasteiger partial charge in [0.2, 0.25) is 0 Å². The van der Waals surface area contributed by atoms with Gasteiger partial charge in [-0.2, -0.15) is 0 Å². The Labute approximate surface area is 192 Å². The van der Waals surface area contributed by atoms with E-state index >= 15 is 0 Å². The van der Waals surface area contributed by atoms with Gasteiger partial charge in [-0.05, 0) is 30.2 Å². The van der Waals surface area contributed by atoms with Crippen molar-refractivity contribution in [2.24, 2.45) is 0 Å². The van der Waals surface area contributed by atoms with E-state index < -0.39 is 0 Å². The molecule has 3 aromatic carbocycles. The molecule has 5 heteroatoms. The third-order valence-electron chi connectivity index (χ3n) is 5.92. The average Bonchev–Trinajstić information content (AvgIpc) is 3.35. The van der Waals surface area contributed by atoms with Crippen molar-refractivity contribution >= 4 is 22.4 Å². The van der Waals surface area contributed by atoms with E-state index in [9.17, 15) is 4.79 Å². The first-order valence-electron chi connectivity index (χ1n) is 10.9. The highest BCUT2D eigenvalue weighted by molar-refractivity contribution is 7.14. The van der Waals surface area contributed by atoms with Crippen LogP contribution in [0.3, 0.4) is 0 Å². The number of thiazole rings is 1. The molecule has 0 aliphatic carbocycles. The van der Waals surface area contributed by atoms with Crippen LogP contribution >= 0.6 is 11.3 Å². The van der Waals surface area contributed by atoms with Crippen molar-refractivity contribution in [1.29, 1.82) is 0 Å². The Morgan fingerprint density at radius 3 is 2.09 bits per heavy atom. The molecule has 5 rings (SSSR count). The second-order valence-electron chi connectivity index (χ2n) is 8.10. The molecule has 160 valence electrons. The number of aromatic nitrogens is 1. The third-order valence-corrected chi connectivity index (χ3v) is 6.82. The summed E-state index contributed by atoms with van der Waals surface area (Å²) in [5.41, 5.74) is 6.44. The lowest BCUT2D eigenvalue weighted by Gasteiger charge is -2.34. The highest BCUT2D eigenvalue weighted by Gasteiger charge is 2.24. The second-order valence-corrected chi connectivity index (χ2v) is 8.94. The van der Waals surface area contributed by atoms with Crippen LogP contribution < -0.4 is 4.90 Å². The predicted octanol–water partition coefficient (Wildman–Crippen LogP) is 5.75. The Hall–Kier alpha value is -3.44. The van der Waals surface area contributed by atoms with Gasteiger partial charge in [0, 0.05) is 42.7 Å². The Bertz CT molecular complexity index is 1190. The zero-order valence-electron chi connectivity index (χ0n) is 18.1. The number of carbonyl (C=O) groups excluding carboxylic acids is 1. The first kappa shape index (κ1) is 20.5. The van der Waals surface area contributed by atoms with Gasteiger partial charge in [0.25, 0.3) is 5.91 Å². The maximum atomic E-state index is 13.0. The molecule has 1 fully saturated rings. The number of carbonyl (C=O) groups is 1. The summed E-state index contributed by atoms with van der Waals surface area (Å²) in [5.74, 6) is 0.101. The molecule has 1 saturated heterocycles. The fraction of sp³-hybridized carbons (Fsp3) is 0.185. The minimum absolute atomic E-state index is 0.101. The normalized spacial score (nSPS) is 13.9. The highest BCUT2D eigenvalue weighted by atomic mass is 32.1. The van der Waals surface area contributed by atoms with Crippen molar-refractivity contribution in [2.45, 2.75) is 6.92 Å². The molecule has 4 aromatic rings. The maximum Gasteiger partial charge on any atom is 0.253 e. The van der Waals surface area contributed by atoms with Crippen molar-refractivity contribution in [1.82, 2.24) is 9.88 Å². The van der Waals surface area contributed by atoms with Crippen LogP contribution in [0.25, 0.3) is 22.4 Å². The highest BCUT2D eigenvalue weighted by Crippen LogP contribution is 2.28. The molecule has 1 aliphatic heterocycles. The predicted molar refractivity (Wildman–Crippen MR) is 132 cm³/mol. The summed E-state index contributed by atoms with van der Waals surface area (Å²) >= 11 is 1.67. The molecule has 0 unspecified atom stereocenters. The zero-order chi connectivity index (χ0) is 21.9. The molecule has 0 atom stereocenters. The van der Waals surface area contributed by atoms with Crippen molar-refractivity contribution in [3.05, 3.63) is 95.4 Å². The summed E-state index contributed by atoms with van der Waals surface area (Å²) < 4.78 is 0. The first-order valence-corrected chi connectivity index (χ1v) is 11.8. The minimum Gasteiger partial charge on any atom is -0.345 e. The van der Waals surface area contributed by atoms with Crippen LogP contribution in [0, 0.1) is 6.92 Å². The molecule has 0 N–H and O–H groups in total. The van der Waals surface area contributed by atoms with Gasteiger partial charge in [-0.25, -0.2) is 4.98 Å². The molecule has 2 heterocycles. The molecule has 0 saturated carbocycles. The van der Waals surface area contributed by atoms with E-state index in [-0.39, 0.29) is 5.91 Å².